The summed E-state index contributed by atoms with van der Waals surface area (Å²) in [5.74, 6) is 0.268. The number of benzene rings is 2. The number of rotatable bonds is 3. The Bertz CT molecular complexity index is 822. The molecule has 3 rings (SSSR count). The van der Waals surface area contributed by atoms with Crippen LogP contribution in [0.5, 0.6) is 0 Å². The number of fused-ring (bicyclic) bond motifs is 1. The SMILES string of the molecule is O=C(CSC1=Nc2ccccc2CS1)Nc1ccccc1C(F)(F)F. The topological polar surface area (TPSA) is 41.5 Å². The Morgan fingerprint density at radius 3 is 2.68 bits per heavy atom. The molecule has 3 nitrogen and oxygen atoms in total. The Balaban J connectivity index is 1.63. The summed E-state index contributed by atoms with van der Waals surface area (Å²) in [4.78, 5) is 16.5. The maximum Gasteiger partial charge on any atom is 0.418 e. The van der Waals surface area contributed by atoms with E-state index in [-0.39, 0.29) is 11.4 Å². The first kappa shape index (κ1) is 17.9. The van der Waals surface area contributed by atoms with E-state index in [1.54, 1.807) is 0 Å². The number of para-hydroxylation sites is 2. The second-order valence-electron chi connectivity index (χ2n) is 5.18. The predicted octanol–water partition coefficient (Wildman–Crippen LogP) is 5.31. The molecule has 2 aromatic rings. The highest BCUT2D eigenvalue weighted by atomic mass is 32.2. The molecule has 25 heavy (non-hydrogen) atoms. The van der Waals surface area contributed by atoms with Gasteiger partial charge in [0.25, 0.3) is 0 Å². The largest absolute Gasteiger partial charge is 0.418 e. The summed E-state index contributed by atoms with van der Waals surface area (Å²) < 4.78 is 39.5. The molecule has 0 unspecified atom stereocenters. The van der Waals surface area contributed by atoms with E-state index in [0.717, 1.165) is 27.4 Å². The summed E-state index contributed by atoms with van der Waals surface area (Å²) in [6.45, 7) is 0. The molecule has 2 aromatic carbocycles. The van der Waals surface area contributed by atoms with Gasteiger partial charge in [0.05, 0.1) is 22.7 Å². The van der Waals surface area contributed by atoms with Crippen molar-refractivity contribution >= 4 is 45.2 Å². The van der Waals surface area contributed by atoms with Crippen LogP contribution in [0.1, 0.15) is 11.1 Å². The lowest BCUT2D eigenvalue weighted by Crippen LogP contribution is -2.18. The van der Waals surface area contributed by atoms with E-state index in [1.165, 1.54) is 41.7 Å². The van der Waals surface area contributed by atoms with E-state index in [9.17, 15) is 18.0 Å². The monoisotopic (exact) mass is 382 g/mol. The van der Waals surface area contributed by atoms with Crippen LogP contribution < -0.4 is 5.32 Å². The summed E-state index contributed by atoms with van der Waals surface area (Å²) in [6, 6.07) is 12.7. The molecule has 0 saturated heterocycles. The molecule has 1 heterocycles. The van der Waals surface area contributed by atoms with Gasteiger partial charge >= 0.3 is 6.18 Å². The van der Waals surface area contributed by atoms with E-state index < -0.39 is 17.6 Å². The third-order valence-corrected chi connectivity index (χ3v) is 5.63. The Morgan fingerprint density at radius 1 is 1.16 bits per heavy atom. The highest BCUT2D eigenvalue weighted by Crippen LogP contribution is 2.36. The molecule has 8 heteroatoms. The smallest absolute Gasteiger partial charge is 0.325 e. The van der Waals surface area contributed by atoms with Crippen molar-refractivity contribution in [3.05, 3.63) is 59.7 Å². The zero-order chi connectivity index (χ0) is 17.9. The highest BCUT2D eigenvalue weighted by molar-refractivity contribution is 8.38. The number of nitrogens with zero attached hydrogens (tertiary/aromatic N) is 1. The number of nitrogens with one attached hydrogen (secondary N) is 1. The van der Waals surface area contributed by atoms with Crippen molar-refractivity contribution in [2.24, 2.45) is 4.99 Å². The molecule has 0 bridgehead atoms. The molecule has 1 aliphatic rings. The van der Waals surface area contributed by atoms with Crippen molar-refractivity contribution in [3.8, 4) is 0 Å². The molecule has 1 aliphatic heterocycles. The van der Waals surface area contributed by atoms with Crippen LogP contribution >= 0.6 is 23.5 Å². The van der Waals surface area contributed by atoms with Gasteiger partial charge in [-0.2, -0.15) is 13.2 Å². The van der Waals surface area contributed by atoms with Crippen molar-refractivity contribution in [3.63, 3.8) is 0 Å². The maximum atomic E-state index is 12.9. The van der Waals surface area contributed by atoms with Crippen LogP contribution in [0, 0.1) is 0 Å². The van der Waals surface area contributed by atoms with Gasteiger partial charge in [-0.25, -0.2) is 4.99 Å². The van der Waals surface area contributed by atoms with Gasteiger partial charge in [-0.15, -0.1) is 0 Å². The summed E-state index contributed by atoms with van der Waals surface area (Å²) >= 11 is 2.74. The molecular formula is C17H13F3N2OS2. The van der Waals surface area contributed by atoms with Crippen LogP contribution in [0.4, 0.5) is 24.5 Å². The van der Waals surface area contributed by atoms with E-state index in [0.29, 0.717) is 0 Å². The minimum absolute atomic E-state index is 0.000190. The summed E-state index contributed by atoms with van der Waals surface area (Å²) in [5.41, 5.74) is 0.905. The lowest BCUT2D eigenvalue weighted by Gasteiger charge is -2.15. The normalized spacial score (nSPS) is 13.8. The third kappa shape index (κ3) is 4.58. The Kier molecular flexibility index (Phi) is 5.39. The van der Waals surface area contributed by atoms with E-state index >= 15 is 0 Å². The maximum absolute atomic E-state index is 12.9. The summed E-state index contributed by atoms with van der Waals surface area (Å²) in [7, 11) is 0. The first-order chi connectivity index (χ1) is 11.9. The Morgan fingerprint density at radius 2 is 1.88 bits per heavy atom. The van der Waals surface area contributed by atoms with Gasteiger partial charge in [-0.05, 0) is 23.8 Å². The Labute approximate surface area is 151 Å². The van der Waals surface area contributed by atoms with E-state index in [1.807, 2.05) is 24.3 Å². The molecule has 0 saturated carbocycles. The van der Waals surface area contributed by atoms with Gasteiger partial charge in [-0.1, -0.05) is 53.9 Å². The van der Waals surface area contributed by atoms with Gasteiger partial charge < -0.3 is 5.32 Å². The number of aliphatic imine (C=N–C) groups is 1. The molecule has 0 aromatic heterocycles. The van der Waals surface area contributed by atoms with Gasteiger partial charge in [0.15, 0.2) is 0 Å². The van der Waals surface area contributed by atoms with Gasteiger partial charge in [0, 0.05) is 5.75 Å². The molecule has 0 aliphatic carbocycles. The molecule has 0 atom stereocenters. The molecule has 0 radical (unpaired) electrons. The lowest BCUT2D eigenvalue weighted by atomic mass is 10.1. The molecule has 1 N–H and O–H groups in total. The van der Waals surface area contributed by atoms with Crippen molar-refractivity contribution < 1.29 is 18.0 Å². The number of hydrogen-bond donors (Lipinski definition) is 1. The number of alkyl halides is 3. The van der Waals surface area contributed by atoms with Crippen LogP contribution in [0.3, 0.4) is 0 Å². The number of hydrogen-bond acceptors (Lipinski definition) is 4. The second kappa shape index (κ2) is 7.53. The van der Waals surface area contributed by atoms with Crippen LogP contribution in [0.15, 0.2) is 53.5 Å². The standard InChI is InChI=1S/C17H13F3N2OS2/c18-17(19,20)12-6-2-4-8-14(12)21-15(23)10-25-16-22-13-7-3-1-5-11(13)9-24-16/h1-8H,9-10H2,(H,21,23). The van der Waals surface area contributed by atoms with Crippen molar-refractivity contribution in [1.29, 1.82) is 0 Å². The molecule has 130 valence electrons. The summed E-state index contributed by atoms with van der Waals surface area (Å²) in [6.07, 6.45) is -4.51. The average molecular weight is 382 g/mol. The zero-order valence-electron chi connectivity index (χ0n) is 12.8. The number of halogens is 3. The van der Waals surface area contributed by atoms with Gasteiger partial charge in [-0.3, -0.25) is 4.79 Å². The fourth-order valence-corrected chi connectivity index (χ4v) is 4.10. The number of anilines is 1. The van der Waals surface area contributed by atoms with Gasteiger partial charge in [0.2, 0.25) is 5.91 Å². The molecular weight excluding hydrogens is 369 g/mol. The van der Waals surface area contributed by atoms with E-state index in [4.69, 9.17) is 0 Å². The first-order valence-electron chi connectivity index (χ1n) is 7.32. The van der Waals surface area contributed by atoms with E-state index in [2.05, 4.69) is 10.3 Å². The highest BCUT2D eigenvalue weighted by Gasteiger charge is 2.33. The first-order valence-corrected chi connectivity index (χ1v) is 9.29. The number of amides is 1. The van der Waals surface area contributed by atoms with Crippen molar-refractivity contribution in [2.75, 3.05) is 11.1 Å². The van der Waals surface area contributed by atoms with Crippen molar-refractivity contribution in [1.82, 2.24) is 0 Å². The van der Waals surface area contributed by atoms with Crippen LogP contribution in [0.25, 0.3) is 0 Å². The number of thioether (sulfide) groups is 2. The molecule has 0 spiro atoms. The molecule has 0 fully saturated rings. The lowest BCUT2D eigenvalue weighted by molar-refractivity contribution is -0.137. The summed E-state index contributed by atoms with van der Waals surface area (Å²) in [5, 5.41) is 2.33. The third-order valence-electron chi connectivity index (χ3n) is 3.39. The fourth-order valence-electron chi connectivity index (χ4n) is 2.24. The van der Waals surface area contributed by atoms with Crippen LogP contribution in [0.2, 0.25) is 0 Å². The van der Waals surface area contributed by atoms with Crippen molar-refractivity contribution in [2.45, 2.75) is 11.9 Å². The predicted molar refractivity (Wildman–Crippen MR) is 97.4 cm³/mol. The Hall–Kier alpha value is -1.93. The van der Waals surface area contributed by atoms with Gasteiger partial charge in [0.1, 0.15) is 4.38 Å². The zero-order valence-corrected chi connectivity index (χ0v) is 14.5. The quantitative estimate of drug-likeness (QED) is 0.782. The van der Waals surface area contributed by atoms with Crippen LogP contribution in [-0.4, -0.2) is 16.0 Å². The average Bonchev–Trinajstić information content (AvgIpc) is 2.59. The molecule has 1 amide bonds. The minimum atomic E-state index is -4.51. The minimum Gasteiger partial charge on any atom is -0.325 e. The second-order valence-corrected chi connectivity index (χ2v) is 7.36. The number of carbonyl (C=O) groups is 1. The fraction of sp³-hybridized carbons (Fsp3) is 0.176. The number of carbonyl (C=O) groups excluding carboxylic acids is 1. The van der Waals surface area contributed by atoms with Crippen LogP contribution in [-0.2, 0) is 16.7 Å².